The second-order valence-electron chi connectivity index (χ2n) is 5.57. The van der Waals surface area contributed by atoms with Crippen LogP contribution >= 0.6 is 23.2 Å². The van der Waals surface area contributed by atoms with Crippen LogP contribution in [0.4, 0.5) is 0 Å². The molecule has 0 bridgehead atoms. The van der Waals surface area contributed by atoms with Gasteiger partial charge >= 0.3 is 5.97 Å². The highest BCUT2D eigenvalue weighted by molar-refractivity contribution is 6.32. The first kappa shape index (κ1) is 18.2. The minimum Gasteiger partial charge on any atom is -0.456 e. The molecule has 3 aromatic rings. The zero-order valence-electron chi connectivity index (χ0n) is 13.8. The number of hydrogen-bond donors (Lipinski definition) is 0. The first-order valence-corrected chi connectivity index (χ1v) is 8.49. The molecule has 0 saturated carbocycles. The van der Waals surface area contributed by atoms with E-state index >= 15 is 0 Å². The Morgan fingerprint density at radius 1 is 1.12 bits per heavy atom. The average Bonchev–Trinajstić information content (AvgIpc) is 2.61. The first-order valence-electron chi connectivity index (χ1n) is 7.73. The summed E-state index contributed by atoms with van der Waals surface area (Å²) in [6.45, 7) is 1.69. The Balaban J connectivity index is 1.90. The van der Waals surface area contributed by atoms with Gasteiger partial charge in [-0.25, -0.2) is 9.48 Å². The molecule has 0 spiro atoms. The van der Waals surface area contributed by atoms with Crippen LogP contribution in [0.5, 0.6) is 0 Å². The van der Waals surface area contributed by atoms with Gasteiger partial charge in [0.05, 0.1) is 10.7 Å². The maximum Gasteiger partial charge on any atom is 0.363 e. The summed E-state index contributed by atoms with van der Waals surface area (Å²) in [7, 11) is 0. The van der Waals surface area contributed by atoms with E-state index in [4.69, 9.17) is 27.9 Å². The van der Waals surface area contributed by atoms with Gasteiger partial charge in [-0.3, -0.25) is 4.79 Å². The SMILES string of the molecule is Cc1cc(=O)c(C(=O)OCc2cccc(Cl)c2)nn1-c1ccccc1Cl. The lowest BCUT2D eigenvalue weighted by Gasteiger charge is -2.12. The van der Waals surface area contributed by atoms with Gasteiger partial charge in [0, 0.05) is 16.8 Å². The molecule has 1 heterocycles. The zero-order chi connectivity index (χ0) is 18.7. The number of ether oxygens (including phenoxy) is 1. The van der Waals surface area contributed by atoms with Gasteiger partial charge in [0.25, 0.3) is 0 Å². The maximum atomic E-state index is 12.3. The van der Waals surface area contributed by atoms with Gasteiger partial charge in [0.15, 0.2) is 0 Å². The lowest BCUT2D eigenvalue weighted by molar-refractivity contribution is 0.0461. The summed E-state index contributed by atoms with van der Waals surface area (Å²) < 4.78 is 6.65. The largest absolute Gasteiger partial charge is 0.456 e. The molecule has 0 fully saturated rings. The molecule has 0 amide bonds. The van der Waals surface area contributed by atoms with Gasteiger partial charge in [0.1, 0.15) is 6.61 Å². The molecule has 0 aliphatic carbocycles. The summed E-state index contributed by atoms with van der Waals surface area (Å²) >= 11 is 12.1. The van der Waals surface area contributed by atoms with Gasteiger partial charge in [-0.05, 0) is 36.8 Å². The van der Waals surface area contributed by atoms with E-state index in [0.29, 0.717) is 27.0 Å². The fourth-order valence-electron chi connectivity index (χ4n) is 2.40. The first-order chi connectivity index (χ1) is 12.5. The van der Waals surface area contributed by atoms with Gasteiger partial charge in [-0.2, -0.15) is 5.10 Å². The molecule has 7 heteroatoms. The highest BCUT2D eigenvalue weighted by Gasteiger charge is 2.17. The second kappa shape index (κ2) is 7.72. The van der Waals surface area contributed by atoms with E-state index in [1.54, 1.807) is 55.5 Å². The van der Waals surface area contributed by atoms with Crippen LogP contribution in [0, 0.1) is 6.92 Å². The number of carbonyl (C=O) groups is 1. The number of aromatic nitrogens is 2. The third-order valence-corrected chi connectivity index (χ3v) is 4.20. The fraction of sp³-hybridized carbons (Fsp3) is 0.105. The number of carbonyl (C=O) groups excluding carboxylic acids is 1. The number of esters is 1. The highest BCUT2D eigenvalue weighted by Crippen LogP contribution is 2.20. The van der Waals surface area contributed by atoms with Crippen molar-refractivity contribution in [3.05, 3.63) is 91.8 Å². The molecule has 3 rings (SSSR count). The van der Waals surface area contributed by atoms with E-state index in [2.05, 4.69) is 5.10 Å². The Bertz CT molecular complexity index is 1030. The van der Waals surface area contributed by atoms with Crippen molar-refractivity contribution in [3.8, 4) is 5.69 Å². The third kappa shape index (κ3) is 3.95. The molecule has 0 radical (unpaired) electrons. The molecule has 0 atom stereocenters. The number of halogens is 2. The predicted octanol–water partition coefficient (Wildman–Crippen LogP) is 4.20. The Labute approximate surface area is 159 Å². The van der Waals surface area contributed by atoms with E-state index in [9.17, 15) is 9.59 Å². The van der Waals surface area contributed by atoms with Crippen molar-refractivity contribution in [2.24, 2.45) is 0 Å². The minimum atomic E-state index is -0.809. The summed E-state index contributed by atoms with van der Waals surface area (Å²) in [6.07, 6.45) is 0. The van der Waals surface area contributed by atoms with Gasteiger partial charge in [-0.1, -0.05) is 47.5 Å². The molecule has 1 aromatic heterocycles. The summed E-state index contributed by atoms with van der Waals surface area (Å²) in [5, 5.41) is 5.14. The van der Waals surface area contributed by atoms with Crippen LogP contribution in [0.3, 0.4) is 0 Å². The summed E-state index contributed by atoms with van der Waals surface area (Å²) in [4.78, 5) is 24.5. The van der Waals surface area contributed by atoms with Crippen molar-refractivity contribution in [1.29, 1.82) is 0 Å². The van der Waals surface area contributed by atoms with Crippen LogP contribution in [-0.4, -0.2) is 15.7 Å². The number of para-hydroxylation sites is 1. The maximum absolute atomic E-state index is 12.3. The van der Waals surface area contributed by atoms with Crippen molar-refractivity contribution < 1.29 is 9.53 Å². The summed E-state index contributed by atoms with van der Waals surface area (Å²) in [6, 6.07) is 15.3. The van der Waals surface area contributed by atoms with Gasteiger partial charge in [0.2, 0.25) is 11.1 Å². The van der Waals surface area contributed by atoms with Gasteiger partial charge < -0.3 is 4.74 Å². The third-order valence-electron chi connectivity index (χ3n) is 3.64. The van der Waals surface area contributed by atoms with E-state index in [1.807, 2.05) is 0 Å². The molecule has 0 N–H and O–H groups in total. The van der Waals surface area contributed by atoms with Crippen LogP contribution in [0.25, 0.3) is 5.69 Å². The molecule has 0 saturated heterocycles. The Morgan fingerprint density at radius 3 is 2.62 bits per heavy atom. The van der Waals surface area contributed by atoms with E-state index in [1.165, 1.54) is 10.7 Å². The van der Waals surface area contributed by atoms with Crippen molar-refractivity contribution >= 4 is 29.2 Å². The molecule has 0 unspecified atom stereocenters. The van der Waals surface area contributed by atoms with Crippen LogP contribution < -0.4 is 5.43 Å². The van der Waals surface area contributed by atoms with E-state index < -0.39 is 11.4 Å². The Hall–Kier alpha value is -2.63. The normalized spacial score (nSPS) is 10.6. The second-order valence-corrected chi connectivity index (χ2v) is 6.41. The number of hydrogen-bond acceptors (Lipinski definition) is 4. The summed E-state index contributed by atoms with van der Waals surface area (Å²) in [5.41, 5.74) is 1.01. The molecule has 2 aromatic carbocycles. The molecular formula is C19H14Cl2N2O3. The van der Waals surface area contributed by atoms with E-state index in [0.717, 1.165) is 0 Å². The number of aryl methyl sites for hydroxylation is 1. The van der Waals surface area contributed by atoms with Crippen molar-refractivity contribution in [3.63, 3.8) is 0 Å². The van der Waals surface area contributed by atoms with Gasteiger partial charge in [-0.15, -0.1) is 0 Å². The van der Waals surface area contributed by atoms with Crippen molar-refractivity contribution in [2.75, 3.05) is 0 Å². The van der Waals surface area contributed by atoms with Crippen molar-refractivity contribution in [1.82, 2.24) is 9.78 Å². The topological polar surface area (TPSA) is 61.2 Å². The lowest BCUT2D eigenvalue weighted by atomic mass is 10.2. The van der Waals surface area contributed by atoms with Crippen LogP contribution in [0.1, 0.15) is 21.7 Å². The molecule has 0 aliphatic heterocycles. The smallest absolute Gasteiger partial charge is 0.363 e. The average molecular weight is 389 g/mol. The monoisotopic (exact) mass is 388 g/mol. The van der Waals surface area contributed by atoms with Crippen LogP contribution in [0.15, 0.2) is 59.4 Å². The fourth-order valence-corrected chi connectivity index (χ4v) is 2.83. The highest BCUT2D eigenvalue weighted by atomic mass is 35.5. The molecule has 5 nitrogen and oxygen atoms in total. The quantitative estimate of drug-likeness (QED) is 0.628. The Kier molecular flexibility index (Phi) is 5.40. The number of rotatable bonds is 4. The number of benzene rings is 2. The predicted molar refractivity (Wildman–Crippen MR) is 100 cm³/mol. The number of nitrogens with zero attached hydrogens (tertiary/aromatic N) is 2. The zero-order valence-corrected chi connectivity index (χ0v) is 15.3. The van der Waals surface area contributed by atoms with E-state index in [-0.39, 0.29) is 12.3 Å². The molecular weight excluding hydrogens is 375 g/mol. The summed E-state index contributed by atoms with van der Waals surface area (Å²) in [5.74, 6) is -0.809. The van der Waals surface area contributed by atoms with Crippen molar-refractivity contribution in [2.45, 2.75) is 13.5 Å². The molecule has 0 aliphatic rings. The lowest BCUT2D eigenvalue weighted by Crippen LogP contribution is -2.24. The minimum absolute atomic E-state index is 0.0134. The Morgan fingerprint density at radius 2 is 1.88 bits per heavy atom. The van der Waals surface area contributed by atoms with Crippen LogP contribution in [0.2, 0.25) is 10.0 Å². The molecule has 26 heavy (non-hydrogen) atoms. The molecule has 132 valence electrons. The standard InChI is InChI=1S/C19H14Cl2N2O3/c1-12-9-17(24)18(22-23(12)16-8-3-2-7-15(16)21)19(25)26-11-13-5-4-6-14(20)10-13/h2-10H,11H2,1H3. The van der Waals surface area contributed by atoms with Crippen LogP contribution in [-0.2, 0) is 11.3 Å².